The highest BCUT2D eigenvalue weighted by molar-refractivity contribution is 7.89. The number of nitrogens with one attached hydrogen (secondary N) is 1. The summed E-state index contributed by atoms with van der Waals surface area (Å²) >= 11 is 0. The molecule has 0 spiro atoms. The monoisotopic (exact) mass is 460 g/mol. The molecular weight excluding hydrogens is 431 g/mol. The van der Waals surface area contributed by atoms with Crippen LogP contribution in [0.25, 0.3) is 0 Å². The average Bonchev–Trinajstić information content (AvgIpc) is 3.44. The van der Waals surface area contributed by atoms with Crippen molar-refractivity contribution in [3.63, 3.8) is 0 Å². The summed E-state index contributed by atoms with van der Waals surface area (Å²) in [5.74, 6) is -0.299. The fourth-order valence-electron chi connectivity index (χ4n) is 4.76. The van der Waals surface area contributed by atoms with Crippen molar-refractivity contribution < 1.29 is 22.3 Å². The Labute approximate surface area is 188 Å². The lowest BCUT2D eigenvalue weighted by Crippen LogP contribution is -2.37. The molecule has 172 valence electrons. The standard InChI is InChI=1S/C24H29FN2O4S/c1-31-22-12-11-18(16-23(22)32(29,30)26-20-8-2-3-9-20)24(28)27-13-5-10-21(27)15-17-6-4-7-19(25)14-17/h4,6-7,11-12,14,16,20-21,26H,2-3,5,8-10,13,15H2,1H3. The number of methoxy groups -OCH3 is 1. The van der Waals surface area contributed by atoms with Crippen molar-refractivity contribution >= 4 is 15.9 Å². The van der Waals surface area contributed by atoms with Crippen LogP contribution in [0.4, 0.5) is 4.39 Å². The molecule has 8 heteroatoms. The van der Waals surface area contributed by atoms with Gasteiger partial charge in [-0.1, -0.05) is 25.0 Å². The quantitative estimate of drug-likeness (QED) is 0.680. The summed E-state index contributed by atoms with van der Waals surface area (Å²) in [6.45, 7) is 0.591. The smallest absolute Gasteiger partial charge is 0.254 e. The van der Waals surface area contributed by atoms with E-state index in [2.05, 4.69) is 4.72 Å². The van der Waals surface area contributed by atoms with Crippen LogP contribution in [-0.4, -0.2) is 45.0 Å². The van der Waals surface area contributed by atoms with Gasteiger partial charge >= 0.3 is 0 Å². The minimum atomic E-state index is -3.82. The van der Waals surface area contributed by atoms with Gasteiger partial charge in [0, 0.05) is 24.2 Å². The highest BCUT2D eigenvalue weighted by Crippen LogP contribution is 2.29. The number of hydrogen-bond donors (Lipinski definition) is 1. The molecule has 4 rings (SSSR count). The maximum Gasteiger partial charge on any atom is 0.254 e. The zero-order chi connectivity index (χ0) is 22.7. The van der Waals surface area contributed by atoms with Crippen LogP contribution in [0.2, 0.25) is 0 Å². The minimum Gasteiger partial charge on any atom is -0.495 e. The van der Waals surface area contributed by atoms with E-state index in [4.69, 9.17) is 4.74 Å². The SMILES string of the molecule is COc1ccc(C(=O)N2CCCC2Cc2cccc(F)c2)cc1S(=O)(=O)NC1CCCC1. The molecule has 1 aliphatic heterocycles. The number of hydrogen-bond acceptors (Lipinski definition) is 4. The maximum absolute atomic E-state index is 13.6. The number of amides is 1. The summed E-state index contributed by atoms with van der Waals surface area (Å²) in [7, 11) is -2.40. The molecule has 2 fully saturated rings. The molecule has 2 aromatic carbocycles. The van der Waals surface area contributed by atoms with Gasteiger partial charge in [-0.25, -0.2) is 17.5 Å². The average molecular weight is 461 g/mol. The number of carbonyl (C=O) groups is 1. The van der Waals surface area contributed by atoms with Crippen molar-refractivity contribution in [2.75, 3.05) is 13.7 Å². The van der Waals surface area contributed by atoms with Crippen LogP contribution in [-0.2, 0) is 16.4 Å². The molecule has 32 heavy (non-hydrogen) atoms. The van der Waals surface area contributed by atoms with Gasteiger partial charge in [0.25, 0.3) is 5.91 Å². The van der Waals surface area contributed by atoms with Gasteiger partial charge in [-0.2, -0.15) is 0 Å². The molecule has 1 atom stereocenters. The molecule has 6 nitrogen and oxygen atoms in total. The summed E-state index contributed by atoms with van der Waals surface area (Å²) in [6, 6.07) is 10.8. The largest absolute Gasteiger partial charge is 0.495 e. The Balaban J connectivity index is 1.57. The molecule has 1 saturated heterocycles. The van der Waals surface area contributed by atoms with Gasteiger partial charge in [0.15, 0.2) is 0 Å². The first-order valence-corrected chi connectivity index (χ1v) is 12.6. The fraction of sp³-hybridized carbons (Fsp3) is 0.458. The normalized spacial score (nSPS) is 19.4. The molecule has 1 aliphatic carbocycles. The number of likely N-dealkylation sites (tertiary alicyclic amines) is 1. The number of rotatable bonds is 7. The molecule has 1 unspecified atom stereocenters. The van der Waals surface area contributed by atoms with E-state index in [0.717, 1.165) is 44.1 Å². The third kappa shape index (κ3) is 4.96. The molecule has 1 amide bonds. The molecule has 0 bridgehead atoms. The zero-order valence-corrected chi connectivity index (χ0v) is 19.0. The topological polar surface area (TPSA) is 75.7 Å². The summed E-state index contributed by atoms with van der Waals surface area (Å²) in [5.41, 5.74) is 1.15. The third-order valence-electron chi connectivity index (χ3n) is 6.38. The second-order valence-corrected chi connectivity index (χ2v) is 10.3. The van der Waals surface area contributed by atoms with Crippen LogP contribution in [0.15, 0.2) is 47.4 Å². The Bertz CT molecular complexity index is 1080. The highest BCUT2D eigenvalue weighted by Gasteiger charge is 2.32. The lowest BCUT2D eigenvalue weighted by molar-refractivity contribution is 0.0736. The summed E-state index contributed by atoms with van der Waals surface area (Å²) < 4.78 is 47.7. The molecule has 2 aromatic rings. The van der Waals surface area contributed by atoms with Crippen molar-refractivity contribution in [3.05, 3.63) is 59.4 Å². The Hall–Kier alpha value is -2.45. The molecule has 2 aliphatic rings. The van der Waals surface area contributed by atoms with Crippen LogP contribution in [0.1, 0.15) is 54.4 Å². The zero-order valence-electron chi connectivity index (χ0n) is 18.2. The Morgan fingerprint density at radius 3 is 2.62 bits per heavy atom. The summed E-state index contributed by atoms with van der Waals surface area (Å²) in [5, 5.41) is 0. The van der Waals surface area contributed by atoms with Crippen LogP contribution in [0.3, 0.4) is 0 Å². The number of benzene rings is 2. The number of nitrogens with zero attached hydrogens (tertiary/aromatic N) is 1. The van der Waals surface area contributed by atoms with Crippen LogP contribution < -0.4 is 9.46 Å². The van der Waals surface area contributed by atoms with E-state index in [-0.39, 0.29) is 34.5 Å². The van der Waals surface area contributed by atoms with E-state index in [1.165, 1.54) is 31.4 Å². The summed E-state index contributed by atoms with van der Waals surface area (Å²) in [4.78, 5) is 15.1. The van der Waals surface area contributed by atoms with Gasteiger partial charge in [0.2, 0.25) is 10.0 Å². The van der Waals surface area contributed by atoms with Gasteiger partial charge in [-0.05, 0) is 68.0 Å². The van der Waals surface area contributed by atoms with Crippen molar-refractivity contribution in [1.82, 2.24) is 9.62 Å². The molecular formula is C24H29FN2O4S. The van der Waals surface area contributed by atoms with Crippen LogP contribution in [0.5, 0.6) is 5.75 Å². The fourth-order valence-corrected chi connectivity index (χ4v) is 6.26. The second-order valence-electron chi connectivity index (χ2n) is 8.60. The molecule has 1 saturated carbocycles. The van der Waals surface area contributed by atoms with Gasteiger partial charge in [-0.15, -0.1) is 0 Å². The minimum absolute atomic E-state index is 0.0152. The summed E-state index contributed by atoms with van der Waals surface area (Å²) in [6.07, 6.45) is 5.89. The lowest BCUT2D eigenvalue weighted by Gasteiger charge is -2.25. The lowest BCUT2D eigenvalue weighted by atomic mass is 10.0. The predicted molar refractivity (Wildman–Crippen MR) is 120 cm³/mol. The van der Waals surface area contributed by atoms with Crippen molar-refractivity contribution in [2.45, 2.75) is 61.9 Å². The van der Waals surface area contributed by atoms with E-state index < -0.39 is 10.0 Å². The first-order valence-electron chi connectivity index (χ1n) is 11.1. The number of sulfonamides is 1. The number of halogens is 1. The van der Waals surface area contributed by atoms with Crippen molar-refractivity contribution in [1.29, 1.82) is 0 Å². The second kappa shape index (κ2) is 9.58. The van der Waals surface area contributed by atoms with Crippen LogP contribution in [0, 0.1) is 5.82 Å². The number of ether oxygens (including phenoxy) is 1. The molecule has 1 N–H and O–H groups in total. The Morgan fingerprint density at radius 1 is 1.12 bits per heavy atom. The maximum atomic E-state index is 13.6. The molecule has 0 radical (unpaired) electrons. The molecule has 1 heterocycles. The predicted octanol–water partition coefficient (Wildman–Crippen LogP) is 3.90. The first kappa shape index (κ1) is 22.7. The molecule has 0 aromatic heterocycles. The van der Waals surface area contributed by atoms with E-state index in [9.17, 15) is 17.6 Å². The first-order chi connectivity index (χ1) is 15.4. The van der Waals surface area contributed by atoms with E-state index in [1.54, 1.807) is 17.0 Å². The van der Waals surface area contributed by atoms with E-state index in [1.807, 2.05) is 6.07 Å². The van der Waals surface area contributed by atoms with Gasteiger partial charge in [0.05, 0.1) is 7.11 Å². The number of carbonyl (C=O) groups excluding carboxylic acids is 1. The van der Waals surface area contributed by atoms with Crippen LogP contribution >= 0.6 is 0 Å². The van der Waals surface area contributed by atoms with Crippen molar-refractivity contribution in [2.24, 2.45) is 0 Å². The Kier molecular flexibility index (Phi) is 6.81. The third-order valence-corrected chi connectivity index (χ3v) is 7.92. The van der Waals surface area contributed by atoms with E-state index >= 15 is 0 Å². The van der Waals surface area contributed by atoms with Gasteiger partial charge in [0.1, 0.15) is 16.5 Å². The van der Waals surface area contributed by atoms with E-state index in [0.29, 0.717) is 18.5 Å². The Morgan fingerprint density at radius 2 is 1.91 bits per heavy atom. The van der Waals surface area contributed by atoms with Gasteiger partial charge in [-0.3, -0.25) is 4.79 Å². The highest BCUT2D eigenvalue weighted by atomic mass is 32.2. The van der Waals surface area contributed by atoms with Gasteiger partial charge < -0.3 is 9.64 Å². The van der Waals surface area contributed by atoms with Crippen molar-refractivity contribution in [3.8, 4) is 5.75 Å².